The number of ether oxygens (including phenoxy) is 1. The van der Waals surface area contributed by atoms with E-state index in [1.54, 1.807) is 0 Å². The summed E-state index contributed by atoms with van der Waals surface area (Å²) in [5.74, 6) is -1.14. The Kier molecular flexibility index (Phi) is 4.87. The number of aryl methyl sites for hydroxylation is 1. The molecule has 0 saturated heterocycles. The van der Waals surface area contributed by atoms with Crippen LogP contribution >= 0.6 is 11.3 Å². The number of carbonyl (C=O) groups is 1. The van der Waals surface area contributed by atoms with Crippen LogP contribution in [0.5, 0.6) is 5.75 Å². The van der Waals surface area contributed by atoms with Crippen molar-refractivity contribution < 1.29 is 27.1 Å². The maximum Gasteiger partial charge on any atom is 0.435 e. The first kappa shape index (κ1) is 18.8. The quantitative estimate of drug-likeness (QED) is 0.673. The number of thiazole rings is 1. The number of rotatable bonds is 4. The minimum Gasteiger partial charge on any atom is -0.496 e. The largest absolute Gasteiger partial charge is 0.496 e. The van der Waals surface area contributed by atoms with Crippen LogP contribution in [0, 0.1) is 5.82 Å². The monoisotopic (exact) mass is 400 g/mol. The fraction of sp³-hybridized carbons (Fsp3) is 0.188. The fourth-order valence-electron chi connectivity index (χ4n) is 2.36. The Labute approximate surface area is 154 Å². The molecule has 1 amide bonds. The molecule has 142 valence electrons. The lowest BCUT2D eigenvalue weighted by Gasteiger charge is -2.06. The summed E-state index contributed by atoms with van der Waals surface area (Å²) in [5.41, 5.74) is -1.24. The number of halogens is 4. The van der Waals surface area contributed by atoms with Crippen LogP contribution in [0.2, 0.25) is 0 Å². The smallest absolute Gasteiger partial charge is 0.435 e. The number of hydrogen-bond acceptors (Lipinski definition) is 5. The highest BCUT2D eigenvalue weighted by molar-refractivity contribution is 7.14. The number of nitrogens with one attached hydrogen (secondary N) is 1. The predicted molar refractivity (Wildman–Crippen MR) is 90.2 cm³/mol. The molecule has 6 nitrogen and oxygen atoms in total. The van der Waals surface area contributed by atoms with Crippen LogP contribution in [-0.4, -0.2) is 27.8 Å². The fourth-order valence-corrected chi connectivity index (χ4v) is 3.07. The van der Waals surface area contributed by atoms with E-state index in [-0.39, 0.29) is 5.13 Å². The van der Waals surface area contributed by atoms with Gasteiger partial charge in [-0.3, -0.25) is 14.8 Å². The molecule has 0 aliphatic carbocycles. The van der Waals surface area contributed by atoms with Gasteiger partial charge in [0, 0.05) is 24.2 Å². The lowest BCUT2D eigenvalue weighted by molar-refractivity contribution is -0.141. The van der Waals surface area contributed by atoms with Crippen LogP contribution in [-0.2, 0) is 13.2 Å². The molecule has 0 saturated carbocycles. The summed E-state index contributed by atoms with van der Waals surface area (Å²) in [4.78, 5) is 16.4. The Morgan fingerprint density at radius 3 is 2.74 bits per heavy atom. The summed E-state index contributed by atoms with van der Waals surface area (Å²) in [7, 11) is 2.69. The molecule has 0 radical (unpaired) electrons. The van der Waals surface area contributed by atoms with Gasteiger partial charge in [-0.15, -0.1) is 11.3 Å². The average Bonchev–Trinajstić information content (AvgIpc) is 3.21. The van der Waals surface area contributed by atoms with Gasteiger partial charge in [-0.1, -0.05) is 0 Å². The van der Waals surface area contributed by atoms with E-state index in [4.69, 9.17) is 4.74 Å². The zero-order chi connectivity index (χ0) is 19.8. The van der Waals surface area contributed by atoms with Gasteiger partial charge in [0.05, 0.1) is 18.4 Å². The molecule has 3 aromatic rings. The highest BCUT2D eigenvalue weighted by atomic mass is 32.1. The number of anilines is 1. The minimum absolute atomic E-state index is 0.0540. The van der Waals surface area contributed by atoms with Crippen molar-refractivity contribution >= 4 is 22.4 Å². The van der Waals surface area contributed by atoms with Crippen LogP contribution in [0.1, 0.15) is 16.1 Å². The van der Waals surface area contributed by atoms with Crippen LogP contribution < -0.4 is 10.1 Å². The second-order valence-electron chi connectivity index (χ2n) is 5.40. The molecule has 3 rings (SSSR count). The minimum atomic E-state index is -4.77. The Bertz CT molecular complexity index is 997. The Morgan fingerprint density at radius 2 is 2.07 bits per heavy atom. The average molecular weight is 400 g/mol. The normalized spacial score (nSPS) is 11.5. The molecule has 0 spiro atoms. The van der Waals surface area contributed by atoms with E-state index in [2.05, 4.69) is 15.4 Å². The number of nitrogens with zero attached hydrogens (tertiary/aromatic N) is 3. The third kappa shape index (κ3) is 3.92. The van der Waals surface area contributed by atoms with Crippen LogP contribution in [0.4, 0.5) is 22.7 Å². The first-order valence-electron chi connectivity index (χ1n) is 7.40. The number of alkyl halides is 3. The summed E-state index contributed by atoms with van der Waals surface area (Å²) in [6.07, 6.45) is -3.79. The lowest BCUT2D eigenvalue weighted by atomic mass is 10.1. The van der Waals surface area contributed by atoms with E-state index in [9.17, 15) is 22.4 Å². The SMILES string of the molecule is COc1ccc(F)cc1-c1csc(NC(=O)c2cn(C)nc2C(F)(F)F)n1. The lowest BCUT2D eigenvalue weighted by Crippen LogP contribution is -2.17. The summed E-state index contributed by atoms with van der Waals surface area (Å²) in [6.45, 7) is 0. The van der Waals surface area contributed by atoms with Gasteiger partial charge in [-0.25, -0.2) is 9.37 Å². The molecule has 0 aliphatic heterocycles. The summed E-state index contributed by atoms with van der Waals surface area (Å²) in [6, 6.07) is 3.86. The van der Waals surface area contributed by atoms with Gasteiger partial charge in [-0.2, -0.15) is 18.3 Å². The predicted octanol–water partition coefficient (Wildman–Crippen LogP) is 3.96. The molecule has 2 aromatic heterocycles. The van der Waals surface area contributed by atoms with E-state index in [1.807, 2.05) is 0 Å². The summed E-state index contributed by atoms with van der Waals surface area (Å²) >= 11 is 0.983. The van der Waals surface area contributed by atoms with Crippen molar-refractivity contribution in [2.45, 2.75) is 6.18 Å². The third-order valence-corrected chi connectivity index (χ3v) is 4.26. The molecule has 0 fully saturated rings. The van der Waals surface area contributed by atoms with E-state index in [0.29, 0.717) is 17.0 Å². The molecule has 1 aromatic carbocycles. The van der Waals surface area contributed by atoms with Gasteiger partial charge in [0.15, 0.2) is 10.8 Å². The first-order chi connectivity index (χ1) is 12.7. The highest BCUT2D eigenvalue weighted by Gasteiger charge is 2.39. The zero-order valence-corrected chi connectivity index (χ0v) is 14.8. The molecule has 2 heterocycles. The number of amides is 1. The van der Waals surface area contributed by atoms with E-state index >= 15 is 0 Å². The highest BCUT2D eigenvalue weighted by Crippen LogP contribution is 2.34. The van der Waals surface area contributed by atoms with Gasteiger partial charge >= 0.3 is 6.18 Å². The molecule has 0 bridgehead atoms. The first-order valence-corrected chi connectivity index (χ1v) is 8.28. The number of methoxy groups -OCH3 is 1. The molecule has 27 heavy (non-hydrogen) atoms. The molecule has 1 N–H and O–H groups in total. The van der Waals surface area contributed by atoms with Crippen molar-refractivity contribution in [1.82, 2.24) is 14.8 Å². The van der Waals surface area contributed by atoms with Crippen LogP contribution in [0.15, 0.2) is 29.8 Å². The number of benzene rings is 1. The maximum atomic E-state index is 13.5. The van der Waals surface area contributed by atoms with E-state index in [1.165, 1.54) is 37.7 Å². The second-order valence-corrected chi connectivity index (χ2v) is 6.26. The summed E-state index contributed by atoms with van der Waals surface area (Å²) < 4.78 is 58.5. The van der Waals surface area contributed by atoms with Crippen molar-refractivity contribution in [2.24, 2.45) is 7.05 Å². The van der Waals surface area contributed by atoms with Crippen molar-refractivity contribution in [3.63, 3.8) is 0 Å². The van der Waals surface area contributed by atoms with Crippen molar-refractivity contribution in [1.29, 1.82) is 0 Å². The molecule has 0 aliphatic rings. The molecule has 0 atom stereocenters. The van der Waals surface area contributed by atoms with Crippen LogP contribution in [0.25, 0.3) is 11.3 Å². The van der Waals surface area contributed by atoms with Crippen molar-refractivity contribution in [2.75, 3.05) is 12.4 Å². The van der Waals surface area contributed by atoms with Gasteiger partial charge < -0.3 is 4.74 Å². The topological polar surface area (TPSA) is 69.0 Å². The number of hydrogen-bond donors (Lipinski definition) is 1. The Balaban J connectivity index is 1.87. The third-order valence-electron chi connectivity index (χ3n) is 3.50. The number of aromatic nitrogens is 3. The Morgan fingerprint density at radius 1 is 1.33 bits per heavy atom. The van der Waals surface area contributed by atoms with Crippen molar-refractivity contribution in [3.05, 3.63) is 46.9 Å². The van der Waals surface area contributed by atoms with Gasteiger partial charge in [-0.05, 0) is 18.2 Å². The van der Waals surface area contributed by atoms with E-state index in [0.717, 1.165) is 22.2 Å². The maximum absolute atomic E-state index is 13.5. The Hall–Kier alpha value is -2.95. The zero-order valence-electron chi connectivity index (χ0n) is 14.0. The molecule has 0 unspecified atom stereocenters. The standard InChI is InChI=1S/C16H12F4N4O2S/c1-24-6-10(13(23-24)16(18,19)20)14(25)22-15-21-11(7-27-15)9-5-8(17)3-4-12(9)26-2/h3-7H,1-2H3,(H,21,22,25). The van der Waals surface area contributed by atoms with E-state index < -0.39 is 29.2 Å². The molecular weight excluding hydrogens is 388 g/mol. The van der Waals surface area contributed by atoms with Crippen molar-refractivity contribution in [3.8, 4) is 17.0 Å². The molecule has 11 heteroatoms. The molecular formula is C16H12F4N4O2S. The second kappa shape index (κ2) is 6.99. The van der Waals surface area contributed by atoms with Gasteiger partial charge in [0.25, 0.3) is 5.91 Å². The van der Waals surface area contributed by atoms with Crippen LogP contribution in [0.3, 0.4) is 0 Å². The summed E-state index contributed by atoms with van der Waals surface area (Å²) in [5, 5.41) is 7.17. The van der Waals surface area contributed by atoms with Gasteiger partial charge in [0.2, 0.25) is 0 Å². The van der Waals surface area contributed by atoms with Gasteiger partial charge in [0.1, 0.15) is 11.6 Å². The number of carbonyl (C=O) groups excluding carboxylic acids is 1.